The predicted octanol–water partition coefficient (Wildman–Crippen LogP) is 2.57. The van der Waals surface area contributed by atoms with E-state index in [4.69, 9.17) is 0 Å². The first-order valence-corrected chi connectivity index (χ1v) is 3.54. The van der Waals surface area contributed by atoms with E-state index in [1.165, 1.54) is 0 Å². The zero-order valence-corrected chi connectivity index (χ0v) is 6.73. The van der Waals surface area contributed by atoms with Gasteiger partial charge in [-0.25, -0.2) is 8.78 Å². The number of hydrogen-bond donors (Lipinski definition) is 0. The third kappa shape index (κ3) is 5.70. The molecule has 0 aromatic rings. The summed E-state index contributed by atoms with van der Waals surface area (Å²) >= 11 is 0. The van der Waals surface area contributed by atoms with Crippen molar-refractivity contribution >= 4 is 6.29 Å². The van der Waals surface area contributed by atoms with E-state index >= 15 is 0 Å². The van der Waals surface area contributed by atoms with Gasteiger partial charge in [0.1, 0.15) is 6.29 Å². The smallest absolute Gasteiger partial charge is 0.264 e. The molecule has 0 atom stereocenters. The highest BCUT2D eigenvalue weighted by Gasteiger charge is 2.17. The van der Waals surface area contributed by atoms with Gasteiger partial charge in [0, 0.05) is 6.92 Å². The van der Waals surface area contributed by atoms with Crippen LogP contribution in [0.25, 0.3) is 0 Å². The summed E-state index contributed by atoms with van der Waals surface area (Å²) in [5, 5.41) is 0. The third-order valence-corrected chi connectivity index (χ3v) is 1.13. The molecular formula is C8H12F2O. The van der Waals surface area contributed by atoms with Crippen LogP contribution in [0.15, 0.2) is 11.6 Å². The molecule has 3 heteroatoms. The predicted molar refractivity (Wildman–Crippen MR) is 39.7 cm³/mol. The molecule has 11 heavy (non-hydrogen) atoms. The Morgan fingerprint density at radius 3 is 2.36 bits per heavy atom. The van der Waals surface area contributed by atoms with Crippen LogP contribution in [-0.4, -0.2) is 12.2 Å². The summed E-state index contributed by atoms with van der Waals surface area (Å²) in [5.74, 6) is -2.87. The molecule has 0 saturated heterocycles. The Balaban J connectivity index is 4.23. The fourth-order valence-electron chi connectivity index (χ4n) is 0.779. The van der Waals surface area contributed by atoms with E-state index in [-0.39, 0.29) is 5.57 Å². The zero-order valence-electron chi connectivity index (χ0n) is 6.73. The fourth-order valence-corrected chi connectivity index (χ4v) is 0.779. The van der Waals surface area contributed by atoms with Crippen molar-refractivity contribution in [3.05, 3.63) is 11.6 Å². The Morgan fingerprint density at radius 2 is 2.09 bits per heavy atom. The number of alkyl halides is 2. The van der Waals surface area contributed by atoms with Crippen LogP contribution < -0.4 is 0 Å². The summed E-state index contributed by atoms with van der Waals surface area (Å²) in [6.45, 7) is 2.61. The van der Waals surface area contributed by atoms with Gasteiger partial charge in [0.25, 0.3) is 5.92 Å². The molecule has 0 aromatic carbocycles. The van der Waals surface area contributed by atoms with Gasteiger partial charge in [-0.2, -0.15) is 0 Å². The molecule has 0 heterocycles. The second-order valence-corrected chi connectivity index (χ2v) is 2.54. The summed E-state index contributed by atoms with van der Waals surface area (Å²) < 4.78 is 24.5. The van der Waals surface area contributed by atoms with Gasteiger partial charge >= 0.3 is 0 Å². The van der Waals surface area contributed by atoms with Crippen molar-refractivity contribution in [1.82, 2.24) is 0 Å². The van der Waals surface area contributed by atoms with E-state index in [9.17, 15) is 13.6 Å². The first-order chi connectivity index (χ1) is 4.99. The number of aldehydes is 1. The molecule has 0 spiro atoms. The van der Waals surface area contributed by atoms with E-state index in [1.54, 1.807) is 0 Å². The van der Waals surface area contributed by atoms with Gasteiger partial charge in [-0.15, -0.1) is 0 Å². The first kappa shape index (κ1) is 10.3. The lowest BCUT2D eigenvalue weighted by Crippen LogP contribution is -2.06. The van der Waals surface area contributed by atoms with Crippen LogP contribution in [0.2, 0.25) is 0 Å². The SMILES string of the molecule is CCC/C(C=O)=C\C(C)(F)F. The van der Waals surface area contributed by atoms with Crippen molar-refractivity contribution in [2.75, 3.05) is 0 Å². The molecule has 0 aliphatic heterocycles. The molecule has 0 amide bonds. The fraction of sp³-hybridized carbons (Fsp3) is 0.625. The molecule has 0 saturated carbocycles. The van der Waals surface area contributed by atoms with E-state index in [2.05, 4.69) is 0 Å². The third-order valence-electron chi connectivity index (χ3n) is 1.13. The maximum Gasteiger partial charge on any atom is 0.264 e. The topological polar surface area (TPSA) is 17.1 Å². The van der Waals surface area contributed by atoms with Crippen molar-refractivity contribution in [2.24, 2.45) is 0 Å². The summed E-state index contributed by atoms with van der Waals surface area (Å²) in [6.07, 6.45) is 2.33. The standard InChI is InChI=1S/C8H12F2O/c1-3-4-7(6-11)5-8(2,9)10/h5-6H,3-4H2,1-2H3/b7-5+. The number of carbonyl (C=O) groups excluding carboxylic acids is 1. The van der Waals surface area contributed by atoms with Crippen molar-refractivity contribution in [3.8, 4) is 0 Å². The van der Waals surface area contributed by atoms with Crippen LogP contribution in [0.1, 0.15) is 26.7 Å². The van der Waals surface area contributed by atoms with Gasteiger partial charge in [-0.05, 0) is 18.1 Å². The molecule has 0 aromatic heterocycles. The number of halogens is 2. The second-order valence-electron chi connectivity index (χ2n) is 2.54. The molecule has 0 rings (SSSR count). The highest BCUT2D eigenvalue weighted by molar-refractivity contribution is 5.73. The van der Waals surface area contributed by atoms with Crippen LogP contribution in [0.3, 0.4) is 0 Å². The molecule has 0 N–H and O–H groups in total. The summed E-state index contributed by atoms with van der Waals surface area (Å²) in [7, 11) is 0. The van der Waals surface area contributed by atoms with Gasteiger partial charge in [0.15, 0.2) is 0 Å². The molecule has 0 fully saturated rings. The van der Waals surface area contributed by atoms with E-state index in [0.29, 0.717) is 25.2 Å². The van der Waals surface area contributed by atoms with Crippen molar-refractivity contribution in [2.45, 2.75) is 32.6 Å². The average molecular weight is 162 g/mol. The highest BCUT2D eigenvalue weighted by Crippen LogP contribution is 2.16. The van der Waals surface area contributed by atoms with Crippen LogP contribution in [-0.2, 0) is 4.79 Å². The summed E-state index contributed by atoms with van der Waals surface area (Å²) in [5.41, 5.74) is 0.181. The van der Waals surface area contributed by atoms with Crippen molar-refractivity contribution in [1.29, 1.82) is 0 Å². The Kier molecular flexibility index (Phi) is 3.93. The van der Waals surface area contributed by atoms with E-state index in [0.717, 1.165) is 6.92 Å². The van der Waals surface area contributed by atoms with Crippen molar-refractivity contribution < 1.29 is 13.6 Å². The number of hydrogen-bond acceptors (Lipinski definition) is 1. The minimum Gasteiger partial charge on any atom is -0.298 e. The minimum absolute atomic E-state index is 0.181. The molecule has 64 valence electrons. The molecule has 0 unspecified atom stereocenters. The van der Waals surface area contributed by atoms with Crippen molar-refractivity contribution in [3.63, 3.8) is 0 Å². The van der Waals surface area contributed by atoms with Crippen LogP contribution in [0, 0.1) is 0 Å². The van der Waals surface area contributed by atoms with Gasteiger partial charge in [0.05, 0.1) is 0 Å². The highest BCUT2D eigenvalue weighted by atomic mass is 19.3. The number of allylic oxidation sites excluding steroid dienone is 2. The van der Waals surface area contributed by atoms with Crippen LogP contribution in [0.4, 0.5) is 8.78 Å². The normalized spacial score (nSPS) is 13.3. The Hall–Kier alpha value is -0.730. The minimum atomic E-state index is -2.87. The Labute approximate surface area is 65.1 Å². The molecule has 0 radical (unpaired) electrons. The van der Waals surface area contributed by atoms with Gasteiger partial charge < -0.3 is 0 Å². The molecule has 0 aliphatic rings. The first-order valence-electron chi connectivity index (χ1n) is 3.54. The lowest BCUT2D eigenvalue weighted by Gasteiger charge is -2.04. The van der Waals surface area contributed by atoms with Gasteiger partial charge in [-0.1, -0.05) is 13.3 Å². The zero-order chi connectivity index (χ0) is 8.91. The average Bonchev–Trinajstić information content (AvgIpc) is 1.84. The lowest BCUT2D eigenvalue weighted by atomic mass is 10.1. The van der Waals surface area contributed by atoms with Crippen LogP contribution >= 0.6 is 0 Å². The molecule has 0 bridgehead atoms. The summed E-state index contributed by atoms with van der Waals surface area (Å²) in [6, 6.07) is 0. The lowest BCUT2D eigenvalue weighted by molar-refractivity contribution is -0.105. The van der Waals surface area contributed by atoms with E-state index in [1.807, 2.05) is 6.92 Å². The monoisotopic (exact) mass is 162 g/mol. The van der Waals surface area contributed by atoms with E-state index < -0.39 is 5.92 Å². The molecule has 1 nitrogen and oxygen atoms in total. The largest absolute Gasteiger partial charge is 0.298 e. The quantitative estimate of drug-likeness (QED) is 0.458. The Morgan fingerprint density at radius 1 is 1.55 bits per heavy atom. The maximum atomic E-state index is 12.2. The number of rotatable bonds is 4. The van der Waals surface area contributed by atoms with Crippen LogP contribution in [0.5, 0.6) is 0 Å². The second kappa shape index (κ2) is 4.21. The van der Waals surface area contributed by atoms with Gasteiger partial charge in [0.2, 0.25) is 0 Å². The maximum absolute atomic E-state index is 12.2. The molecule has 0 aliphatic carbocycles. The number of carbonyl (C=O) groups is 1. The summed E-state index contributed by atoms with van der Waals surface area (Å²) in [4.78, 5) is 10.2. The Bertz CT molecular complexity index is 156. The van der Waals surface area contributed by atoms with Gasteiger partial charge in [-0.3, -0.25) is 4.79 Å². The molecular weight excluding hydrogens is 150 g/mol.